The van der Waals surface area contributed by atoms with Gasteiger partial charge in [-0.3, -0.25) is 4.79 Å². The average molecular weight is 310 g/mol. The van der Waals surface area contributed by atoms with E-state index in [1.165, 1.54) is 0 Å². The Morgan fingerprint density at radius 2 is 2.33 bits per heavy atom. The first kappa shape index (κ1) is 15.8. The Bertz CT molecular complexity index is 559. The molecule has 1 aliphatic heterocycles. The van der Waals surface area contributed by atoms with Gasteiger partial charge >= 0.3 is 0 Å². The van der Waals surface area contributed by atoms with Crippen molar-refractivity contribution in [2.24, 2.45) is 0 Å². The molecule has 1 aromatic carbocycles. The number of carbonyl (C=O) groups excluding carboxylic acids is 1. The number of hydrogen-bond acceptors (Lipinski definition) is 4. The van der Waals surface area contributed by atoms with Crippen LogP contribution in [0.4, 0.5) is 0 Å². The van der Waals surface area contributed by atoms with Crippen molar-refractivity contribution < 1.29 is 19.4 Å². The first-order chi connectivity index (χ1) is 10.2. The van der Waals surface area contributed by atoms with Gasteiger partial charge in [-0.05, 0) is 18.2 Å². The largest absolute Gasteiger partial charge is 0.384 e. The van der Waals surface area contributed by atoms with Crippen LogP contribution in [0.2, 0.25) is 5.02 Å². The van der Waals surface area contributed by atoms with Crippen molar-refractivity contribution in [3.63, 3.8) is 0 Å². The lowest BCUT2D eigenvalue weighted by atomic mass is 10.1. The zero-order valence-electron chi connectivity index (χ0n) is 11.4. The highest BCUT2D eigenvalue weighted by molar-refractivity contribution is 6.32. The Balaban J connectivity index is 1.94. The van der Waals surface area contributed by atoms with E-state index in [-0.39, 0.29) is 18.6 Å². The van der Waals surface area contributed by atoms with E-state index in [4.69, 9.17) is 26.2 Å². The van der Waals surface area contributed by atoms with E-state index in [0.29, 0.717) is 42.5 Å². The predicted molar refractivity (Wildman–Crippen MR) is 78.3 cm³/mol. The number of amides is 1. The van der Waals surface area contributed by atoms with E-state index in [1.54, 1.807) is 18.2 Å². The molecule has 1 aromatic rings. The number of aliphatic hydroxyl groups excluding tert-OH is 1. The number of nitrogens with one attached hydrogen (secondary N) is 1. The fourth-order valence-corrected chi connectivity index (χ4v) is 2.08. The van der Waals surface area contributed by atoms with Crippen molar-refractivity contribution in [1.29, 1.82) is 0 Å². The molecule has 2 N–H and O–H groups in total. The summed E-state index contributed by atoms with van der Waals surface area (Å²) in [5.41, 5.74) is 1.03. The second-order valence-electron chi connectivity index (χ2n) is 4.43. The highest BCUT2D eigenvalue weighted by Crippen LogP contribution is 2.17. The molecular formula is C15H16ClNO4. The molecular weight excluding hydrogens is 294 g/mol. The summed E-state index contributed by atoms with van der Waals surface area (Å²) in [5, 5.41) is 11.8. The van der Waals surface area contributed by atoms with Gasteiger partial charge in [-0.25, -0.2) is 0 Å². The van der Waals surface area contributed by atoms with Gasteiger partial charge in [0.1, 0.15) is 6.61 Å². The Morgan fingerprint density at radius 3 is 3.00 bits per heavy atom. The lowest BCUT2D eigenvalue weighted by Crippen LogP contribution is -2.39. The highest BCUT2D eigenvalue weighted by Gasteiger charge is 2.16. The van der Waals surface area contributed by atoms with Gasteiger partial charge < -0.3 is 19.9 Å². The van der Waals surface area contributed by atoms with Crippen molar-refractivity contribution in [3.8, 4) is 11.8 Å². The quantitative estimate of drug-likeness (QED) is 0.812. The smallest absolute Gasteiger partial charge is 0.251 e. The van der Waals surface area contributed by atoms with Crippen molar-refractivity contribution in [2.45, 2.75) is 6.10 Å². The fourth-order valence-electron chi connectivity index (χ4n) is 1.86. The molecule has 0 aliphatic carbocycles. The zero-order valence-corrected chi connectivity index (χ0v) is 12.2. The fraction of sp³-hybridized carbons (Fsp3) is 0.400. The van der Waals surface area contributed by atoms with Crippen LogP contribution in [0.25, 0.3) is 0 Å². The number of rotatable bonds is 3. The average Bonchev–Trinajstić information content (AvgIpc) is 2.52. The third kappa shape index (κ3) is 4.73. The molecule has 0 spiro atoms. The summed E-state index contributed by atoms with van der Waals surface area (Å²) in [6.07, 6.45) is -0.118. The van der Waals surface area contributed by atoms with E-state index in [0.717, 1.165) is 0 Å². The number of aliphatic hydroxyl groups is 1. The number of halogens is 1. The second-order valence-corrected chi connectivity index (χ2v) is 4.84. The van der Waals surface area contributed by atoms with Crippen molar-refractivity contribution in [3.05, 3.63) is 34.3 Å². The lowest BCUT2D eigenvalue weighted by Gasteiger charge is -2.23. The van der Waals surface area contributed by atoms with Gasteiger partial charge in [-0.2, -0.15) is 0 Å². The van der Waals surface area contributed by atoms with Crippen LogP contribution in [-0.4, -0.2) is 50.1 Å². The SMILES string of the molecule is O=C(NCC1COCCO1)c1ccc(C#CCO)c(Cl)c1. The molecule has 1 fully saturated rings. The molecule has 5 nitrogen and oxygen atoms in total. The normalized spacial score (nSPS) is 17.7. The maximum absolute atomic E-state index is 12.0. The molecule has 2 rings (SSSR count). The molecule has 0 saturated carbocycles. The third-order valence-corrected chi connectivity index (χ3v) is 3.22. The topological polar surface area (TPSA) is 67.8 Å². The van der Waals surface area contributed by atoms with Gasteiger partial charge in [0.05, 0.1) is 30.9 Å². The van der Waals surface area contributed by atoms with Crippen LogP contribution in [0, 0.1) is 11.8 Å². The minimum absolute atomic E-state index is 0.118. The van der Waals surface area contributed by atoms with Crippen LogP contribution in [0.1, 0.15) is 15.9 Å². The summed E-state index contributed by atoms with van der Waals surface area (Å²) in [6, 6.07) is 4.84. The van der Waals surface area contributed by atoms with Gasteiger partial charge in [0.25, 0.3) is 5.91 Å². The zero-order chi connectivity index (χ0) is 15.1. The van der Waals surface area contributed by atoms with Crippen LogP contribution in [-0.2, 0) is 9.47 Å². The van der Waals surface area contributed by atoms with E-state index >= 15 is 0 Å². The van der Waals surface area contributed by atoms with E-state index < -0.39 is 0 Å². The van der Waals surface area contributed by atoms with Crippen LogP contribution in [0.5, 0.6) is 0 Å². The van der Waals surface area contributed by atoms with Crippen molar-refractivity contribution in [1.82, 2.24) is 5.32 Å². The molecule has 0 radical (unpaired) electrons. The third-order valence-electron chi connectivity index (χ3n) is 2.91. The molecule has 1 heterocycles. The van der Waals surface area contributed by atoms with E-state index in [9.17, 15) is 4.79 Å². The maximum Gasteiger partial charge on any atom is 0.251 e. The predicted octanol–water partition coefficient (Wildman–Crippen LogP) is 0.829. The summed E-state index contributed by atoms with van der Waals surface area (Å²) in [6.45, 7) is 1.78. The Labute approximate surface area is 128 Å². The molecule has 1 amide bonds. The minimum atomic E-state index is -0.234. The van der Waals surface area contributed by atoms with Gasteiger partial charge in [-0.15, -0.1) is 0 Å². The van der Waals surface area contributed by atoms with E-state index in [1.807, 2.05) is 0 Å². The number of ether oxygens (including phenoxy) is 2. The summed E-state index contributed by atoms with van der Waals surface area (Å²) in [7, 11) is 0. The monoisotopic (exact) mass is 309 g/mol. The first-order valence-electron chi connectivity index (χ1n) is 6.57. The highest BCUT2D eigenvalue weighted by atomic mass is 35.5. The molecule has 1 saturated heterocycles. The molecule has 0 aromatic heterocycles. The van der Waals surface area contributed by atoms with Gasteiger partial charge in [0, 0.05) is 17.7 Å². The molecule has 112 valence electrons. The molecule has 1 aliphatic rings. The van der Waals surface area contributed by atoms with Gasteiger partial charge in [0.15, 0.2) is 0 Å². The Hall–Kier alpha value is -1.58. The van der Waals surface area contributed by atoms with Gasteiger partial charge in [0.2, 0.25) is 0 Å². The number of hydrogen-bond donors (Lipinski definition) is 2. The lowest BCUT2D eigenvalue weighted by molar-refractivity contribution is -0.0855. The second kappa shape index (κ2) is 8.01. The molecule has 1 unspecified atom stereocenters. The van der Waals surface area contributed by atoms with Crippen molar-refractivity contribution in [2.75, 3.05) is 33.0 Å². The van der Waals surface area contributed by atoms with Crippen LogP contribution in [0.3, 0.4) is 0 Å². The summed E-state index contributed by atoms with van der Waals surface area (Å²) < 4.78 is 10.7. The molecule has 21 heavy (non-hydrogen) atoms. The summed E-state index contributed by atoms with van der Waals surface area (Å²) in [4.78, 5) is 12.0. The molecule has 1 atom stereocenters. The first-order valence-corrected chi connectivity index (χ1v) is 6.95. The molecule has 0 bridgehead atoms. The minimum Gasteiger partial charge on any atom is -0.384 e. The summed E-state index contributed by atoms with van der Waals surface area (Å²) >= 11 is 6.05. The van der Waals surface area contributed by atoms with Crippen molar-refractivity contribution >= 4 is 17.5 Å². The van der Waals surface area contributed by atoms with Crippen LogP contribution in [0.15, 0.2) is 18.2 Å². The Morgan fingerprint density at radius 1 is 1.48 bits per heavy atom. The summed E-state index contributed by atoms with van der Waals surface area (Å²) in [5.74, 6) is 5.00. The number of benzene rings is 1. The standard InChI is InChI=1S/C15H16ClNO4/c16-14-8-12(4-3-11(14)2-1-5-18)15(19)17-9-13-10-20-6-7-21-13/h3-4,8,13,18H,5-7,9-10H2,(H,17,19). The van der Waals surface area contributed by atoms with Crippen LogP contribution < -0.4 is 5.32 Å². The number of carbonyl (C=O) groups is 1. The van der Waals surface area contributed by atoms with Gasteiger partial charge in [-0.1, -0.05) is 23.4 Å². The van der Waals surface area contributed by atoms with E-state index in [2.05, 4.69) is 17.2 Å². The molecule has 6 heteroatoms. The Kier molecular flexibility index (Phi) is 6.03. The van der Waals surface area contributed by atoms with Crippen LogP contribution >= 0.6 is 11.6 Å². The maximum atomic E-state index is 12.0.